The Balaban J connectivity index is 1.60. The number of hydrogen-bond donors (Lipinski definition) is 2. The van der Waals surface area contributed by atoms with Gasteiger partial charge in [-0.15, -0.1) is 0 Å². The molecule has 3 heterocycles. The minimum absolute atomic E-state index is 0.0543. The van der Waals surface area contributed by atoms with Gasteiger partial charge in [0.25, 0.3) is 11.5 Å². The standard InChI is InChI=1S/C30H40N4O5/c1-7-24(21-12-14-33(15-13-21)30(37)39-18(2)3)34-20(5)27(22-10-8-9-11-25(22)34)29(36)31-17-23-26(38-6)16-19(4)32-28(23)35/h8-11,16,18,21,24H,7,12-15,17H2,1-6H3,(H,31,36)(H,32,35). The van der Waals surface area contributed by atoms with E-state index in [-0.39, 0.29) is 36.3 Å². The molecule has 2 N–H and O–H groups in total. The second-order valence-electron chi connectivity index (χ2n) is 10.6. The molecule has 2 aromatic heterocycles. The van der Waals surface area contributed by atoms with E-state index in [1.807, 2.05) is 39.0 Å². The summed E-state index contributed by atoms with van der Waals surface area (Å²) in [7, 11) is 1.51. The third kappa shape index (κ3) is 5.82. The number of amides is 2. The van der Waals surface area contributed by atoms with Crippen LogP contribution < -0.4 is 15.6 Å². The number of carbonyl (C=O) groups is 2. The fourth-order valence-electron chi connectivity index (χ4n) is 5.87. The summed E-state index contributed by atoms with van der Waals surface area (Å²) < 4.78 is 13.1. The number of methoxy groups -OCH3 is 1. The molecule has 2 amide bonds. The van der Waals surface area contributed by atoms with Crippen molar-refractivity contribution in [2.45, 2.75) is 72.6 Å². The van der Waals surface area contributed by atoms with E-state index >= 15 is 0 Å². The first-order chi connectivity index (χ1) is 18.7. The predicted octanol–water partition coefficient (Wildman–Crippen LogP) is 5.09. The van der Waals surface area contributed by atoms with Crippen LogP contribution in [0.2, 0.25) is 0 Å². The quantitative estimate of drug-likeness (QED) is 0.417. The van der Waals surface area contributed by atoms with E-state index in [1.165, 1.54) is 7.11 Å². The highest BCUT2D eigenvalue weighted by Gasteiger charge is 2.32. The molecule has 0 radical (unpaired) electrons. The minimum Gasteiger partial charge on any atom is -0.496 e. The molecule has 3 aromatic rings. The number of fused-ring (bicyclic) bond motifs is 1. The molecule has 1 saturated heterocycles. The van der Waals surface area contributed by atoms with Crippen molar-refractivity contribution in [3.05, 3.63) is 63.2 Å². The lowest BCUT2D eigenvalue weighted by molar-refractivity contribution is 0.0605. The largest absolute Gasteiger partial charge is 0.496 e. The molecule has 39 heavy (non-hydrogen) atoms. The molecule has 1 aliphatic rings. The Labute approximate surface area is 229 Å². The van der Waals surface area contributed by atoms with Gasteiger partial charge in [0.05, 0.1) is 30.9 Å². The Morgan fingerprint density at radius 1 is 1.15 bits per heavy atom. The van der Waals surface area contributed by atoms with Gasteiger partial charge in [-0.1, -0.05) is 25.1 Å². The van der Waals surface area contributed by atoms with Crippen LogP contribution in [0.15, 0.2) is 35.1 Å². The molecule has 1 aromatic carbocycles. The lowest BCUT2D eigenvalue weighted by Gasteiger charge is -2.37. The molecule has 1 aliphatic heterocycles. The highest BCUT2D eigenvalue weighted by atomic mass is 16.6. The summed E-state index contributed by atoms with van der Waals surface area (Å²) in [5, 5.41) is 3.84. The van der Waals surface area contributed by atoms with Crippen molar-refractivity contribution in [2.24, 2.45) is 5.92 Å². The number of nitrogens with one attached hydrogen (secondary N) is 2. The second-order valence-corrected chi connectivity index (χ2v) is 10.6. The topological polar surface area (TPSA) is 106 Å². The van der Waals surface area contributed by atoms with Gasteiger partial charge in [-0.05, 0) is 65.0 Å². The van der Waals surface area contributed by atoms with Crippen molar-refractivity contribution in [3.8, 4) is 5.75 Å². The molecule has 0 aliphatic carbocycles. The molecule has 1 fully saturated rings. The van der Waals surface area contributed by atoms with Crippen molar-refractivity contribution in [1.29, 1.82) is 0 Å². The van der Waals surface area contributed by atoms with Crippen molar-refractivity contribution in [3.63, 3.8) is 0 Å². The van der Waals surface area contributed by atoms with Crippen LogP contribution in [-0.4, -0.2) is 52.8 Å². The molecular formula is C30H40N4O5. The number of aromatic nitrogens is 2. The first-order valence-electron chi connectivity index (χ1n) is 13.8. The van der Waals surface area contributed by atoms with Gasteiger partial charge in [0.1, 0.15) is 5.75 Å². The maximum Gasteiger partial charge on any atom is 0.410 e. The number of H-pyrrole nitrogens is 1. The number of aryl methyl sites for hydroxylation is 1. The predicted molar refractivity (Wildman–Crippen MR) is 151 cm³/mol. The molecule has 1 unspecified atom stereocenters. The van der Waals surface area contributed by atoms with Gasteiger partial charge in [0.15, 0.2) is 0 Å². The van der Waals surface area contributed by atoms with Crippen molar-refractivity contribution in [1.82, 2.24) is 19.8 Å². The van der Waals surface area contributed by atoms with E-state index in [4.69, 9.17) is 9.47 Å². The zero-order chi connectivity index (χ0) is 28.3. The van der Waals surface area contributed by atoms with E-state index < -0.39 is 0 Å². The molecule has 1 atom stereocenters. The van der Waals surface area contributed by atoms with E-state index in [0.29, 0.717) is 41.6 Å². The summed E-state index contributed by atoms with van der Waals surface area (Å²) in [6.07, 6.45) is 2.26. The lowest BCUT2D eigenvalue weighted by atomic mass is 9.87. The number of benzene rings is 1. The molecule has 0 spiro atoms. The summed E-state index contributed by atoms with van der Waals surface area (Å²) in [6, 6.07) is 9.90. The number of para-hydroxylation sites is 1. The first kappa shape index (κ1) is 28.3. The number of piperidine rings is 1. The van der Waals surface area contributed by atoms with Gasteiger partial charge < -0.3 is 29.2 Å². The fraction of sp³-hybridized carbons (Fsp3) is 0.500. The van der Waals surface area contributed by atoms with Crippen LogP contribution >= 0.6 is 0 Å². The van der Waals surface area contributed by atoms with E-state index in [2.05, 4.69) is 27.9 Å². The van der Waals surface area contributed by atoms with Crippen LogP contribution in [0.25, 0.3) is 10.9 Å². The minimum atomic E-state index is -0.277. The smallest absolute Gasteiger partial charge is 0.410 e. The summed E-state index contributed by atoms with van der Waals surface area (Å²) in [6.45, 7) is 11.0. The number of hydrogen-bond acceptors (Lipinski definition) is 5. The maximum absolute atomic E-state index is 13.6. The number of ether oxygens (including phenoxy) is 2. The van der Waals surface area contributed by atoms with Gasteiger partial charge in [0.2, 0.25) is 0 Å². The maximum atomic E-state index is 13.6. The number of rotatable bonds is 8. The zero-order valence-corrected chi connectivity index (χ0v) is 23.8. The lowest BCUT2D eigenvalue weighted by Crippen LogP contribution is -2.41. The Morgan fingerprint density at radius 3 is 2.49 bits per heavy atom. The Kier molecular flexibility index (Phi) is 8.67. The first-order valence-corrected chi connectivity index (χ1v) is 13.8. The Bertz CT molecular complexity index is 1400. The average molecular weight is 537 g/mol. The SMILES string of the molecule is CCC(C1CCN(C(=O)OC(C)C)CC1)n1c(C)c(C(=O)NCc2c(OC)cc(C)[nH]c2=O)c2ccccc21. The normalized spacial score (nSPS) is 15.0. The summed E-state index contributed by atoms with van der Waals surface area (Å²) >= 11 is 0. The van der Waals surface area contributed by atoms with Crippen molar-refractivity contribution >= 4 is 22.9 Å². The molecule has 4 rings (SSSR count). The van der Waals surface area contributed by atoms with E-state index in [0.717, 1.165) is 35.9 Å². The summed E-state index contributed by atoms with van der Waals surface area (Å²) in [5.41, 5.74) is 3.32. The Hall–Kier alpha value is -3.75. The van der Waals surface area contributed by atoms with Crippen molar-refractivity contribution < 1.29 is 19.1 Å². The fourth-order valence-corrected chi connectivity index (χ4v) is 5.87. The molecule has 9 heteroatoms. The van der Waals surface area contributed by atoms with Gasteiger partial charge in [-0.3, -0.25) is 9.59 Å². The molecule has 0 bridgehead atoms. The number of pyridine rings is 1. The third-order valence-electron chi connectivity index (χ3n) is 7.69. The summed E-state index contributed by atoms with van der Waals surface area (Å²) in [5.74, 6) is 0.579. The van der Waals surface area contributed by atoms with Crippen LogP contribution in [0.4, 0.5) is 4.79 Å². The van der Waals surface area contributed by atoms with Crippen LogP contribution in [0.3, 0.4) is 0 Å². The molecular weight excluding hydrogens is 496 g/mol. The molecule has 9 nitrogen and oxygen atoms in total. The van der Waals surface area contributed by atoms with Crippen LogP contribution in [-0.2, 0) is 11.3 Å². The molecule has 210 valence electrons. The van der Waals surface area contributed by atoms with Crippen LogP contribution in [0, 0.1) is 19.8 Å². The second kappa shape index (κ2) is 12.0. The highest BCUT2D eigenvalue weighted by molar-refractivity contribution is 6.08. The Morgan fingerprint density at radius 2 is 1.85 bits per heavy atom. The van der Waals surface area contributed by atoms with Crippen LogP contribution in [0.5, 0.6) is 5.75 Å². The van der Waals surface area contributed by atoms with Gasteiger partial charge in [-0.2, -0.15) is 0 Å². The summed E-state index contributed by atoms with van der Waals surface area (Å²) in [4.78, 5) is 43.1. The van der Waals surface area contributed by atoms with Gasteiger partial charge >= 0.3 is 6.09 Å². The number of likely N-dealkylation sites (tertiary alicyclic amines) is 1. The number of nitrogens with zero attached hydrogens (tertiary/aromatic N) is 2. The number of aromatic amines is 1. The van der Waals surface area contributed by atoms with Crippen LogP contribution in [0.1, 0.15) is 73.4 Å². The van der Waals surface area contributed by atoms with E-state index in [1.54, 1.807) is 17.9 Å². The zero-order valence-electron chi connectivity index (χ0n) is 23.8. The van der Waals surface area contributed by atoms with Crippen molar-refractivity contribution in [2.75, 3.05) is 20.2 Å². The molecule has 0 saturated carbocycles. The van der Waals surface area contributed by atoms with E-state index in [9.17, 15) is 14.4 Å². The number of carbonyl (C=O) groups excluding carboxylic acids is 2. The third-order valence-corrected chi connectivity index (χ3v) is 7.69. The van der Waals surface area contributed by atoms with Gasteiger partial charge in [-0.25, -0.2) is 4.79 Å². The average Bonchev–Trinajstić information content (AvgIpc) is 3.19. The highest BCUT2D eigenvalue weighted by Crippen LogP contribution is 2.37. The monoisotopic (exact) mass is 536 g/mol. The van der Waals surface area contributed by atoms with Gasteiger partial charge in [0, 0.05) is 41.4 Å².